The maximum absolute atomic E-state index is 10.5. The van der Waals surface area contributed by atoms with Gasteiger partial charge < -0.3 is 14.7 Å². The molecule has 136 valence electrons. The predicted molar refractivity (Wildman–Crippen MR) is 95.7 cm³/mol. The Labute approximate surface area is 143 Å². The monoisotopic (exact) mass is 326 g/mol. The minimum absolute atomic E-state index is 0.321. The molecule has 1 aliphatic carbocycles. The van der Waals surface area contributed by atoms with E-state index in [1.54, 1.807) is 4.90 Å². The van der Waals surface area contributed by atoms with E-state index in [-0.39, 0.29) is 6.10 Å². The van der Waals surface area contributed by atoms with Crippen molar-refractivity contribution in [1.82, 2.24) is 0 Å². The van der Waals surface area contributed by atoms with E-state index in [0.29, 0.717) is 36.6 Å². The Kier molecular flexibility index (Phi) is 7.37. The van der Waals surface area contributed by atoms with E-state index in [1.165, 1.54) is 38.5 Å². The molecule has 2 aliphatic rings. The smallest absolute Gasteiger partial charge is 0.126 e. The maximum Gasteiger partial charge on any atom is 0.126 e. The molecule has 0 radical (unpaired) electrons. The number of piperidine rings is 1. The number of hydrogen-bond acceptors (Lipinski definition) is 2. The molecule has 3 heteroatoms. The lowest BCUT2D eigenvalue weighted by atomic mass is 9.75. The summed E-state index contributed by atoms with van der Waals surface area (Å²) in [5.41, 5.74) is 0. The molecule has 1 aliphatic heterocycles. The lowest BCUT2D eigenvalue weighted by Gasteiger charge is -2.39. The standard InChI is InChI=1S/C20H39NO2/c1-14(2)19-10-9-15(3)11-20(19)23-13-18(22)12-21-16(4)7-6-8-17(21)5/h14-20,22H,6-13H2,1-5H3/p+1/t15-,16-,17+,18-,19+,20-/m1/s1. The molecule has 0 aromatic carbocycles. The summed E-state index contributed by atoms with van der Waals surface area (Å²) in [7, 11) is 0. The van der Waals surface area contributed by atoms with E-state index in [0.717, 1.165) is 12.5 Å². The van der Waals surface area contributed by atoms with Crippen LogP contribution in [0.1, 0.15) is 73.1 Å². The van der Waals surface area contributed by atoms with E-state index in [4.69, 9.17) is 4.74 Å². The minimum atomic E-state index is -0.321. The van der Waals surface area contributed by atoms with Crippen molar-refractivity contribution in [1.29, 1.82) is 0 Å². The molecule has 23 heavy (non-hydrogen) atoms. The molecule has 0 amide bonds. The van der Waals surface area contributed by atoms with E-state index >= 15 is 0 Å². The first kappa shape index (κ1) is 19.2. The van der Waals surface area contributed by atoms with Crippen LogP contribution in [0.3, 0.4) is 0 Å². The molecular formula is C20H40NO2+. The van der Waals surface area contributed by atoms with Gasteiger partial charge in [-0.1, -0.05) is 27.2 Å². The quantitative estimate of drug-likeness (QED) is 0.787. The number of nitrogens with one attached hydrogen (secondary N) is 1. The third-order valence-corrected chi connectivity index (χ3v) is 6.48. The van der Waals surface area contributed by atoms with E-state index in [9.17, 15) is 5.11 Å². The van der Waals surface area contributed by atoms with Gasteiger partial charge in [-0.2, -0.15) is 0 Å². The second-order valence-electron chi connectivity index (χ2n) is 8.86. The summed E-state index contributed by atoms with van der Waals surface area (Å²) in [5, 5.41) is 10.5. The summed E-state index contributed by atoms with van der Waals surface area (Å²) >= 11 is 0. The molecule has 3 nitrogen and oxygen atoms in total. The second-order valence-corrected chi connectivity index (χ2v) is 8.86. The lowest BCUT2D eigenvalue weighted by Crippen LogP contribution is -3.20. The van der Waals surface area contributed by atoms with Gasteiger partial charge in [-0.25, -0.2) is 0 Å². The molecule has 2 rings (SSSR count). The fourth-order valence-corrected chi connectivity index (χ4v) is 4.86. The second kappa shape index (κ2) is 8.82. The molecule has 1 saturated heterocycles. The predicted octanol–water partition coefficient (Wildman–Crippen LogP) is 2.67. The number of ether oxygens (including phenoxy) is 1. The van der Waals surface area contributed by atoms with E-state index in [1.807, 2.05) is 0 Å². The molecular weight excluding hydrogens is 286 g/mol. The van der Waals surface area contributed by atoms with Crippen LogP contribution in [0, 0.1) is 17.8 Å². The van der Waals surface area contributed by atoms with Gasteiger partial charge in [-0.3, -0.25) is 0 Å². The summed E-state index contributed by atoms with van der Waals surface area (Å²) in [6.45, 7) is 13.0. The zero-order chi connectivity index (χ0) is 17.0. The maximum atomic E-state index is 10.5. The molecule has 0 aromatic rings. The van der Waals surface area contributed by atoms with Gasteiger partial charge >= 0.3 is 0 Å². The van der Waals surface area contributed by atoms with Crippen LogP contribution in [0.25, 0.3) is 0 Å². The van der Waals surface area contributed by atoms with Gasteiger partial charge in [0.2, 0.25) is 0 Å². The topological polar surface area (TPSA) is 33.9 Å². The van der Waals surface area contributed by atoms with Gasteiger partial charge in [-0.05, 0) is 63.7 Å². The van der Waals surface area contributed by atoms with Crippen LogP contribution in [-0.2, 0) is 4.74 Å². The van der Waals surface area contributed by atoms with Crippen molar-refractivity contribution in [3.8, 4) is 0 Å². The summed E-state index contributed by atoms with van der Waals surface area (Å²) in [6, 6.07) is 1.35. The van der Waals surface area contributed by atoms with Crippen molar-refractivity contribution < 1.29 is 14.7 Å². The fraction of sp³-hybridized carbons (Fsp3) is 1.00. The molecule has 2 fully saturated rings. The van der Waals surface area contributed by atoms with Gasteiger partial charge in [0.05, 0.1) is 24.8 Å². The Hall–Kier alpha value is -0.120. The summed E-state index contributed by atoms with van der Waals surface area (Å²) in [5.74, 6) is 2.11. The molecule has 0 spiro atoms. The number of quaternary nitrogens is 1. The van der Waals surface area contributed by atoms with E-state index in [2.05, 4.69) is 34.6 Å². The van der Waals surface area contributed by atoms with Gasteiger partial charge in [0.1, 0.15) is 12.6 Å². The normalized spacial score (nSPS) is 40.3. The number of likely N-dealkylation sites (tertiary alicyclic amines) is 1. The Balaban J connectivity index is 1.81. The van der Waals surface area contributed by atoms with Crippen LogP contribution in [0.2, 0.25) is 0 Å². The third-order valence-electron chi connectivity index (χ3n) is 6.48. The first-order valence-electron chi connectivity index (χ1n) is 10.0. The molecule has 1 heterocycles. The summed E-state index contributed by atoms with van der Waals surface area (Å²) in [6.07, 6.45) is 7.74. The van der Waals surface area contributed by atoms with Gasteiger partial charge in [-0.15, -0.1) is 0 Å². The zero-order valence-electron chi connectivity index (χ0n) is 16.1. The fourth-order valence-electron chi connectivity index (χ4n) is 4.86. The first-order valence-corrected chi connectivity index (χ1v) is 10.0. The van der Waals surface area contributed by atoms with Crippen LogP contribution in [0.5, 0.6) is 0 Å². The van der Waals surface area contributed by atoms with Crippen molar-refractivity contribution in [3.63, 3.8) is 0 Å². The van der Waals surface area contributed by atoms with Crippen molar-refractivity contribution in [3.05, 3.63) is 0 Å². The lowest BCUT2D eigenvalue weighted by molar-refractivity contribution is -0.954. The SMILES string of the molecule is CC(C)[C@@H]1CC[C@@H](C)C[C@H]1OC[C@H](O)C[NH+]1[C@H](C)CCC[C@@H]1C. The number of aliphatic hydroxyl groups is 1. The van der Waals surface area contributed by atoms with Crippen molar-refractivity contribution in [2.24, 2.45) is 17.8 Å². The Morgan fingerprint density at radius 1 is 1.04 bits per heavy atom. The Morgan fingerprint density at radius 2 is 1.70 bits per heavy atom. The minimum Gasteiger partial charge on any atom is -0.385 e. The van der Waals surface area contributed by atoms with Crippen LogP contribution in [0.4, 0.5) is 0 Å². The van der Waals surface area contributed by atoms with Gasteiger partial charge in [0.25, 0.3) is 0 Å². The summed E-state index contributed by atoms with van der Waals surface area (Å²) in [4.78, 5) is 1.57. The van der Waals surface area contributed by atoms with Gasteiger partial charge in [0, 0.05) is 0 Å². The number of hydrogen-bond donors (Lipinski definition) is 2. The highest BCUT2D eigenvalue weighted by molar-refractivity contribution is 4.81. The molecule has 1 saturated carbocycles. The van der Waals surface area contributed by atoms with Gasteiger partial charge in [0.15, 0.2) is 0 Å². The molecule has 7 atom stereocenters. The highest BCUT2D eigenvalue weighted by atomic mass is 16.5. The average molecular weight is 327 g/mol. The largest absolute Gasteiger partial charge is 0.385 e. The third kappa shape index (κ3) is 5.44. The Bertz CT molecular complexity index is 337. The Morgan fingerprint density at radius 3 is 2.30 bits per heavy atom. The summed E-state index contributed by atoms with van der Waals surface area (Å²) < 4.78 is 6.24. The number of rotatable bonds is 6. The molecule has 1 unspecified atom stereocenters. The van der Waals surface area contributed by atoms with Crippen LogP contribution >= 0.6 is 0 Å². The van der Waals surface area contributed by atoms with Crippen LogP contribution in [0.15, 0.2) is 0 Å². The van der Waals surface area contributed by atoms with Crippen molar-refractivity contribution in [2.75, 3.05) is 13.2 Å². The highest BCUT2D eigenvalue weighted by Crippen LogP contribution is 2.35. The van der Waals surface area contributed by atoms with Crippen LogP contribution < -0.4 is 4.90 Å². The van der Waals surface area contributed by atoms with Crippen molar-refractivity contribution >= 4 is 0 Å². The van der Waals surface area contributed by atoms with E-state index < -0.39 is 0 Å². The zero-order valence-corrected chi connectivity index (χ0v) is 16.1. The number of aliphatic hydroxyl groups excluding tert-OH is 1. The average Bonchev–Trinajstić information content (AvgIpc) is 2.49. The molecule has 2 N–H and O–H groups in total. The molecule has 0 aromatic heterocycles. The van der Waals surface area contributed by atoms with Crippen molar-refractivity contribution in [2.45, 2.75) is 97.4 Å². The first-order chi connectivity index (χ1) is 10.9. The molecule has 0 bridgehead atoms. The van der Waals surface area contributed by atoms with Crippen LogP contribution in [-0.4, -0.2) is 42.5 Å². The highest BCUT2D eigenvalue weighted by Gasteiger charge is 2.33.